The molecule has 1 aliphatic heterocycles. The molecule has 0 aromatic rings. The fourth-order valence-corrected chi connectivity index (χ4v) is 3.03. The molecule has 2 fully saturated rings. The fraction of sp³-hybridized carbons (Fsp3) is 1.00. The summed E-state index contributed by atoms with van der Waals surface area (Å²) in [5.41, 5.74) is 6.13. The van der Waals surface area contributed by atoms with Crippen LogP contribution >= 0.6 is 0 Å². The van der Waals surface area contributed by atoms with Crippen LogP contribution in [0.15, 0.2) is 0 Å². The van der Waals surface area contributed by atoms with Crippen LogP contribution < -0.4 is 5.73 Å². The van der Waals surface area contributed by atoms with Gasteiger partial charge < -0.3 is 15.4 Å². The average Bonchev–Trinajstić information content (AvgIpc) is 2.90. The second kappa shape index (κ2) is 5.99. The summed E-state index contributed by atoms with van der Waals surface area (Å²) in [5, 5.41) is 0. The van der Waals surface area contributed by atoms with Gasteiger partial charge in [-0.05, 0) is 38.1 Å². The third-order valence-electron chi connectivity index (χ3n) is 4.14. The third-order valence-corrected chi connectivity index (χ3v) is 4.14. The summed E-state index contributed by atoms with van der Waals surface area (Å²) in [6, 6.07) is 0.443. The van der Waals surface area contributed by atoms with E-state index in [1.165, 1.54) is 38.6 Å². The molecule has 1 heterocycles. The van der Waals surface area contributed by atoms with Crippen molar-refractivity contribution in [1.82, 2.24) is 4.90 Å². The lowest BCUT2D eigenvalue weighted by molar-refractivity contribution is 0.0688. The summed E-state index contributed by atoms with van der Waals surface area (Å²) >= 11 is 0. The maximum Gasteiger partial charge on any atom is 0.0702 e. The van der Waals surface area contributed by atoms with Crippen LogP contribution in [0.1, 0.15) is 39.0 Å². The standard InChI is InChI=1S/C13H26N2O/c1-2-15(10-12-6-4-8-16-12)9-11-5-3-7-13(11)14/h11-13H,2-10,14H2,1H3. The minimum atomic E-state index is 0.443. The van der Waals surface area contributed by atoms with Gasteiger partial charge >= 0.3 is 0 Å². The van der Waals surface area contributed by atoms with Gasteiger partial charge in [0.05, 0.1) is 6.10 Å². The van der Waals surface area contributed by atoms with Crippen LogP contribution in [0, 0.1) is 5.92 Å². The molecule has 3 heteroatoms. The summed E-state index contributed by atoms with van der Waals surface area (Å²) in [5.74, 6) is 0.723. The molecular weight excluding hydrogens is 200 g/mol. The highest BCUT2D eigenvalue weighted by molar-refractivity contribution is 4.83. The van der Waals surface area contributed by atoms with Crippen molar-refractivity contribution in [3.05, 3.63) is 0 Å². The monoisotopic (exact) mass is 226 g/mol. The summed E-state index contributed by atoms with van der Waals surface area (Å²) in [4.78, 5) is 2.53. The van der Waals surface area contributed by atoms with E-state index in [1.807, 2.05) is 0 Å². The van der Waals surface area contributed by atoms with Crippen molar-refractivity contribution in [2.24, 2.45) is 11.7 Å². The smallest absolute Gasteiger partial charge is 0.0702 e. The maximum absolute atomic E-state index is 6.13. The van der Waals surface area contributed by atoms with Gasteiger partial charge in [0, 0.05) is 25.7 Å². The Balaban J connectivity index is 1.75. The zero-order chi connectivity index (χ0) is 11.4. The first kappa shape index (κ1) is 12.3. The van der Waals surface area contributed by atoms with Gasteiger partial charge in [-0.2, -0.15) is 0 Å². The number of nitrogens with two attached hydrogens (primary N) is 1. The molecular formula is C13H26N2O. The van der Waals surface area contributed by atoms with E-state index in [0.717, 1.165) is 25.6 Å². The largest absolute Gasteiger partial charge is 0.377 e. The molecule has 2 rings (SSSR count). The Kier molecular flexibility index (Phi) is 4.62. The minimum absolute atomic E-state index is 0.443. The van der Waals surface area contributed by atoms with E-state index in [-0.39, 0.29) is 0 Å². The SMILES string of the molecule is CCN(CC1CCCO1)CC1CCCC1N. The van der Waals surface area contributed by atoms with E-state index in [4.69, 9.17) is 10.5 Å². The Morgan fingerprint density at radius 2 is 2.06 bits per heavy atom. The van der Waals surface area contributed by atoms with Gasteiger partial charge in [0.25, 0.3) is 0 Å². The molecule has 0 spiro atoms. The van der Waals surface area contributed by atoms with Crippen molar-refractivity contribution in [1.29, 1.82) is 0 Å². The van der Waals surface area contributed by atoms with Crippen LogP contribution in [0.25, 0.3) is 0 Å². The first-order chi connectivity index (χ1) is 7.79. The Morgan fingerprint density at radius 1 is 1.19 bits per heavy atom. The van der Waals surface area contributed by atoms with Crippen LogP contribution in [-0.2, 0) is 4.74 Å². The van der Waals surface area contributed by atoms with E-state index in [2.05, 4.69) is 11.8 Å². The molecule has 16 heavy (non-hydrogen) atoms. The highest BCUT2D eigenvalue weighted by Gasteiger charge is 2.27. The highest BCUT2D eigenvalue weighted by Crippen LogP contribution is 2.25. The number of nitrogens with zero attached hydrogens (tertiary/aromatic N) is 1. The molecule has 0 bridgehead atoms. The Hall–Kier alpha value is -0.120. The Labute approximate surface area is 99.3 Å². The van der Waals surface area contributed by atoms with E-state index in [1.54, 1.807) is 0 Å². The summed E-state index contributed by atoms with van der Waals surface area (Å²) < 4.78 is 5.70. The number of hydrogen-bond acceptors (Lipinski definition) is 3. The quantitative estimate of drug-likeness (QED) is 0.774. The van der Waals surface area contributed by atoms with Gasteiger partial charge in [0.15, 0.2) is 0 Å². The topological polar surface area (TPSA) is 38.5 Å². The fourth-order valence-electron chi connectivity index (χ4n) is 3.03. The number of likely N-dealkylation sites (N-methyl/N-ethyl adjacent to an activating group) is 1. The zero-order valence-electron chi connectivity index (χ0n) is 10.5. The molecule has 3 atom stereocenters. The molecule has 1 saturated heterocycles. The average molecular weight is 226 g/mol. The third kappa shape index (κ3) is 3.19. The van der Waals surface area contributed by atoms with Crippen LogP contribution in [-0.4, -0.2) is 43.3 Å². The van der Waals surface area contributed by atoms with E-state index in [9.17, 15) is 0 Å². The van der Waals surface area contributed by atoms with Crippen LogP contribution in [0.5, 0.6) is 0 Å². The molecule has 3 unspecified atom stereocenters. The molecule has 2 aliphatic rings. The first-order valence-corrected chi connectivity index (χ1v) is 6.89. The van der Waals surface area contributed by atoms with Gasteiger partial charge in [0.2, 0.25) is 0 Å². The summed E-state index contributed by atoms with van der Waals surface area (Å²) in [6.45, 7) is 6.63. The van der Waals surface area contributed by atoms with Crippen molar-refractivity contribution in [2.75, 3.05) is 26.2 Å². The van der Waals surface area contributed by atoms with Gasteiger partial charge in [-0.15, -0.1) is 0 Å². The molecule has 3 nitrogen and oxygen atoms in total. The molecule has 0 aromatic carbocycles. The van der Waals surface area contributed by atoms with Crippen LogP contribution in [0.2, 0.25) is 0 Å². The van der Waals surface area contributed by atoms with Crippen LogP contribution in [0.3, 0.4) is 0 Å². The molecule has 0 aromatic heterocycles. The second-order valence-corrected chi connectivity index (χ2v) is 5.34. The van der Waals surface area contributed by atoms with Crippen LogP contribution in [0.4, 0.5) is 0 Å². The van der Waals surface area contributed by atoms with Gasteiger partial charge in [-0.1, -0.05) is 13.3 Å². The minimum Gasteiger partial charge on any atom is -0.377 e. The Bertz CT molecular complexity index is 204. The van der Waals surface area contributed by atoms with E-state index < -0.39 is 0 Å². The van der Waals surface area contributed by atoms with Crippen molar-refractivity contribution in [3.8, 4) is 0 Å². The first-order valence-electron chi connectivity index (χ1n) is 6.89. The summed E-state index contributed by atoms with van der Waals surface area (Å²) in [7, 11) is 0. The maximum atomic E-state index is 6.13. The van der Waals surface area contributed by atoms with Crippen molar-refractivity contribution in [2.45, 2.75) is 51.2 Å². The summed E-state index contributed by atoms with van der Waals surface area (Å²) in [6.07, 6.45) is 6.84. The number of ether oxygens (including phenoxy) is 1. The molecule has 2 N–H and O–H groups in total. The van der Waals surface area contributed by atoms with Gasteiger partial charge in [-0.3, -0.25) is 0 Å². The molecule has 1 aliphatic carbocycles. The van der Waals surface area contributed by atoms with E-state index in [0.29, 0.717) is 12.1 Å². The predicted molar refractivity (Wildman–Crippen MR) is 66.4 cm³/mol. The zero-order valence-corrected chi connectivity index (χ0v) is 10.5. The van der Waals surface area contributed by atoms with Gasteiger partial charge in [-0.25, -0.2) is 0 Å². The van der Waals surface area contributed by atoms with Crippen molar-refractivity contribution in [3.63, 3.8) is 0 Å². The lowest BCUT2D eigenvalue weighted by Gasteiger charge is -2.28. The predicted octanol–water partition coefficient (Wildman–Crippen LogP) is 1.61. The highest BCUT2D eigenvalue weighted by atomic mass is 16.5. The van der Waals surface area contributed by atoms with E-state index >= 15 is 0 Å². The number of hydrogen-bond donors (Lipinski definition) is 1. The normalized spacial score (nSPS) is 35.1. The van der Waals surface area contributed by atoms with Crippen molar-refractivity contribution < 1.29 is 4.74 Å². The lowest BCUT2D eigenvalue weighted by Crippen LogP contribution is -2.39. The molecule has 1 saturated carbocycles. The molecule has 0 radical (unpaired) electrons. The number of rotatable bonds is 5. The molecule has 94 valence electrons. The lowest BCUT2D eigenvalue weighted by atomic mass is 10.0. The van der Waals surface area contributed by atoms with Gasteiger partial charge in [0.1, 0.15) is 0 Å². The molecule has 0 amide bonds. The van der Waals surface area contributed by atoms with Crippen molar-refractivity contribution >= 4 is 0 Å². The second-order valence-electron chi connectivity index (χ2n) is 5.34. The Morgan fingerprint density at radius 3 is 2.62 bits per heavy atom.